The van der Waals surface area contributed by atoms with Gasteiger partial charge in [0, 0.05) is 44.3 Å². The number of hydrogen-bond acceptors (Lipinski definition) is 4. The molecule has 1 aliphatic carbocycles. The average Bonchev–Trinajstić information content (AvgIpc) is 3.32. The molecular weight excluding hydrogens is 459 g/mol. The van der Waals surface area contributed by atoms with Crippen LogP contribution in [0, 0.1) is 5.92 Å². The van der Waals surface area contributed by atoms with Gasteiger partial charge in [-0.1, -0.05) is 6.07 Å². The van der Waals surface area contributed by atoms with Crippen LogP contribution in [0.25, 0.3) is 0 Å². The van der Waals surface area contributed by atoms with E-state index in [-0.39, 0.29) is 24.0 Å². The Hall–Kier alpha value is -1.35. The molecule has 0 unspecified atom stereocenters. The molecular formula is C19H27IN4OS. The minimum Gasteiger partial charge on any atom is -0.477 e. The molecule has 0 amide bonds. The lowest BCUT2D eigenvalue weighted by Crippen LogP contribution is -2.39. The first-order chi connectivity index (χ1) is 12.2. The second-order valence-electron chi connectivity index (χ2n) is 6.41. The highest BCUT2D eigenvalue weighted by Crippen LogP contribution is 2.29. The van der Waals surface area contributed by atoms with Crippen molar-refractivity contribution in [3.63, 3.8) is 0 Å². The zero-order valence-corrected chi connectivity index (χ0v) is 18.5. The topological polar surface area (TPSA) is 49.8 Å². The highest BCUT2D eigenvalue weighted by molar-refractivity contribution is 14.0. The van der Waals surface area contributed by atoms with Gasteiger partial charge in [0.05, 0.1) is 6.61 Å². The van der Waals surface area contributed by atoms with E-state index in [1.807, 2.05) is 25.4 Å². The van der Waals surface area contributed by atoms with Crippen molar-refractivity contribution in [1.82, 2.24) is 15.2 Å². The third kappa shape index (κ3) is 6.75. The molecule has 0 radical (unpaired) electrons. The Labute approximate surface area is 176 Å². The van der Waals surface area contributed by atoms with Crippen molar-refractivity contribution in [2.45, 2.75) is 25.8 Å². The first-order valence-corrected chi connectivity index (χ1v) is 9.64. The molecule has 0 bridgehead atoms. The molecule has 0 spiro atoms. The van der Waals surface area contributed by atoms with Crippen molar-refractivity contribution in [3.8, 4) is 5.88 Å². The Morgan fingerprint density at radius 1 is 1.42 bits per heavy atom. The number of guanidine groups is 1. The highest BCUT2D eigenvalue weighted by Gasteiger charge is 2.22. The van der Waals surface area contributed by atoms with Crippen LogP contribution in [-0.2, 0) is 13.0 Å². The molecule has 0 atom stereocenters. The van der Waals surface area contributed by atoms with Gasteiger partial charge in [-0.05, 0) is 48.3 Å². The summed E-state index contributed by atoms with van der Waals surface area (Å²) >= 11 is 1.80. The molecule has 142 valence electrons. The van der Waals surface area contributed by atoms with Crippen molar-refractivity contribution in [1.29, 1.82) is 0 Å². The van der Waals surface area contributed by atoms with Gasteiger partial charge in [-0.2, -0.15) is 0 Å². The summed E-state index contributed by atoms with van der Waals surface area (Å²) in [6.45, 7) is 2.43. The first kappa shape index (κ1) is 21.0. The second-order valence-corrected chi connectivity index (χ2v) is 7.44. The number of likely N-dealkylation sites (N-methyl/N-ethyl adjacent to an activating group) is 1. The fourth-order valence-corrected chi connectivity index (χ4v) is 3.23. The van der Waals surface area contributed by atoms with E-state index in [0.29, 0.717) is 12.4 Å². The van der Waals surface area contributed by atoms with E-state index in [9.17, 15) is 0 Å². The maximum atomic E-state index is 5.75. The van der Waals surface area contributed by atoms with Gasteiger partial charge in [-0.15, -0.1) is 35.3 Å². The smallest absolute Gasteiger partial charge is 0.213 e. The van der Waals surface area contributed by atoms with Gasteiger partial charge in [-0.25, -0.2) is 4.98 Å². The second kappa shape index (κ2) is 10.7. The fourth-order valence-electron chi connectivity index (χ4n) is 2.53. The van der Waals surface area contributed by atoms with Gasteiger partial charge in [0.15, 0.2) is 5.96 Å². The number of nitrogens with one attached hydrogen (secondary N) is 1. The summed E-state index contributed by atoms with van der Waals surface area (Å²) in [5.41, 5.74) is 1.15. The number of ether oxygens (including phenoxy) is 1. The molecule has 0 aliphatic heterocycles. The zero-order chi connectivity index (χ0) is 17.5. The van der Waals surface area contributed by atoms with Gasteiger partial charge in [0.25, 0.3) is 0 Å². The van der Waals surface area contributed by atoms with Gasteiger partial charge in [0.1, 0.15) is 0 Å². The molecule has 2 aromatic rings. The number of aliphatic imine (C=N–C) groups is 1. The third-order valence-electron chi connectivity index (χ3n) is 4.26. The van der Waals surface area contributed by atoms with Gasteiger partial charge < -0.3 is 15.0 Å². The van der Waals surface area contributed by atoms with Crippen molar-refractivity contribution in [2.75, 3.05) is 27.2 Å². The van der Waals surface area contributed by atoms with E-state index in [4.69, 9.17) is 4.74 Å². The Morgan fingerprint density at radius 3 is 2.96 bits per heavy atom. The summed E-state index contributed by atoms with van der Waals surface area (Å²) in [6, 6.07) is 8.29. The summed E-state index contributed by atoms with van der Waals surface area (Å²) in [4.78, 5) is 12.2. The maximum Gasteiger partial charge on any atom is 0.213 e. The van der Waals surface area contributed by atoms with Crippen LogP contribution >= 0.6 is 35.3 Å². The van der Waals surface area contributed by atoms with E-state index in [0.717, 1.165) is 37.0 Å². The summed E-state index contributed by atoms with van der Waals surface area (Å²) < 4.78 is 5.75. The summed E-state index contributed by atoms with van der Waals surface area (Å²) in [7, 11) is 3.89. The maximum absolute atomic E-state index is 5.75. The van der Waals surface area contributed by atoms with E-state index in [1.165, 1.54) is 17.7 Å². The molecule has 26 heavy (non-hydrogen) atoms. The van der Waals surface area contributed by atoms with E-state index in [2.05, 4.69) is 44.8 Å². The van der Waals surface area contributed by atoms with Crippen LogP contribution in [0.15, 0.2) is 40.8 Å². The normalized spacial score (nSPS) is 13.8. The van der Waals surface area contributed by atoms with Crippen molar-refractivity contribution < 1.29 is 4.74 Å². The number of nitrogens with zero attached hydrogens (tertiary/aromatic N) is 3. The van der Waals surface area contributed by atoms with Crippen LogP contribution in [0.5, 0.6) is 5.88 Å². The van der Waals surface area contributed by atoms with E-state index >= 15 is 0 Å². The number of halogens is 1. The van der Waals surface area contributed by atoms with E-state index < -0.39 is 0 Å². The summed E-state index contributed by atoms with van der Waals surface area (Å²) in [6.07, 6.45) is 5.41. The number of rotatable bonds is 8. The molecule has 2 aromatic heterocycles. The first-order valence-electron chi connectivity index (χ1n) is 8.76. The molecule has 1 fully saturated rings. The third-order valence-corrected chi connectivity index (χ3v) is 5.20. The molecule has 3 rings (SSSR count). The molecule has 5 nitrogen and oxygen atoms in total. The standard InChI is InChI=1S/C19H26N4OS.HI/c1-20-19(23(2)10-8-17-4-3-11-25-17)22-13-16-7-9-21-18(12-16)24-14-15-5-6-15;/h3-4,7,9,11-12,15H,5-6,8,10,13-14H2,1-2H3,(H,20,22);1H. The largest absolute Gasteiger partial charge is 0.477 e. The Kier molecular flexibility index (Phi) is 8.64. The number of thiophene rings is 1. The van der Waals surface area contributed by atoms with Crippen LogP contribution in [0.1, 0.15) is 23.3 Å². The molecule has 1 saturated carbocycles. The van der Waals surface area contributed by atoms with Crippen molar-refractivity contribution in [2.24, 2.45) is 10.9 Å². The minimum absolute atomic E-state index is 0. The Bertz CT molecular complexity index is 689. The fraction of sp³-hybridized carbons (Fsp3) is 0.474. The molecule has 1 aliphatic rings. The van der Waals surface area contributed by atoms with Crippen molar-refractivity contribution in [3.05, 3.63) is 46.3 Å². The molecule has 1 N–H and O–H groups in total. The van der Waals surface area contributed by atoms with Crippen LogP contribution in [0.2, 0.25) is 0 Å². The number of aromatic nitrogens is 1. The van der Waals surface area contributed by atoms with Crippen LogP contribution < -0.4 is 10.1 Å². The minimum atomic E-state index is 0. The van der Waals surface area contributed by atoms with E-state index in [1.54, 1.807) is 11.3 Å². The van der Waals surface area contributed by atoms with Crippen molar-refractivity contribution >= 4 is 41.3 Å². The highest BCUT2D eigenvalue weighted by atomic mass is 127. The summed E-state index contributed by atoms with van der Waals surface area (Å²) in [5, 5.41) is 5.54. The quantitative estimate of drug-likeness (QED) is 0.351. The lowest BCUT2D eigenvalue weighted by molar-refractivity contribution is 0.288. The SMILES string of the molecule is CN=C(NCc1ccnc(OCC2CC2)c1)N(C)CCc1cccs1.I. The average molecular weight is 486 g/mol. The van der Waals surface area contributed by atoms with Crippen LogP contribution in [0.3, 0.4) is 0 Å². The van der Waals surface area contributed by atoms with Crippen LogP contribution in [0.4, 0.5) is 0 Å². The molecule has 7 heteroatoms. The summed E-state index contributed by atoms with van der Waals surface area (Å²) in [5.74, 6) is 2.35. The van der Waals surface area contributed by atoms with Gasteiger partial charge >= 0.3 is 0 Å². The lowest BCUT2D eigenvalue weighted by Gasteiger charge is -2.22. The molecule has 0 saturated heterocycles. The molecule has 2 heterocycles. The monoisotopic (exact) mass is 486 g/mol. The van der Waals surface area contributed by atoms with Gasteiger partial charge in [0.2, 0.25) is 5.88 Å². The Morgan fingerprint density at radius 2 is 2.27 bits per heavy atom. The number of pyridine rings is 1. The van der Waals surface area contributed by atoms with Crippen LogP contribution in [-0.4, -0.2) is 43.1 Å². The lowest BCUT2D eigenvalue weighted by atomic mass is 10.2. The molecule has 0 aromatic carbocycles. The number of hydrogen-bond donors (Lipinski definition) is 1. The zero-order valence-electron chi connectivity index (χ0n) is 15.4. The predicted molar refractivity (Wildman–Crippen MR) is 119 cm³/mol. The van der Waals surface area contributed by atoms with Gasteiger partial charge in [-0.3, -0.25) is 4.99 Å². The predicted octanol–water partition coefficient (Wildman–Crippen LogP) is 3.80. The Balaban J connectivity index is 0.00000243.